The molecule has 1 atom stereocenters. The second-order valence-electron chi connectivity index (χ2n) is 2.88. The van der Waals surface area contributed by atoms with E-state index >= 15 is 0 Å². The lowest BCUT2D eigenvalue weighted by molar-refractivity contribution is -0.116. The molecule has 0 aliphatic rings. The zero-order chi connectivity index (χ0) is 9.72. The second kappa shape index (κ2) is 6.17. The van der Waals surface area contributed by atoms with Crippen molar-refractivity contribution >= 4 is 48.7 Å². The van der Waals surface area contributed by atoms with Gasteiger partial charge in [-0.15, -0.1) is 0 Å². The molecule has 0 fully saturated rings. The summed E-state index contributed by atoms with van der Waals surface area (Å²) in [5.74, 6) is 0.197. The Morgan fingerprint density at radius 2 is 2.00 bits per heavy atom. The monoisotopic (exact) mass is 316 g/mol. The fraction of sp³-hybridized carbons (Fsp3) is 0.625. The minimum Gasteiger partial charge on any atom is -0.281 e. The lowest BCUT2D eigenvalue weighted by Crippen LogP contribution is -2.14. The van der Waals surface area contributed by atoms with Gasteiger partial charge in [0.2, 0.25) is 5.24 Å². The number of allylic oxidation sites excluding steroid dienone is 1. The smallest absolute Gasteiger partial charge is 0.225 e. The Hall–Kier alpha value is 0.660. The van der Waals surface area contributed by atoms with Gasteiger partial charge in [-0.3, -0.25) is 4.79 Å². The van der Waals surface area contributed by atoms with Crippen LogP contribution in [0.3, 0.4) is 0 Å². The van der Waals surface area contributed by atoms with E-state index in [9.17, 15) is 4.79 Å². The standard InChI is InChI=1S/C8H11Br2ClO/c1-5(2)6(8(11)12)3-4-7(9)10/h4-6H,3H2,1-2H3. The molecule has 0 aliphatic carbocycles. The normalized spacial score (nSPS) is 12.8. The summed E-state index contributed by atoms with van der Waals surface area (Å²) in [5.41, 5.74) is 0. The zero-order valence-corrected chi connectivity index (χ0v) is 10.9. The molecule has 0 radical (unpaired) electrons. The molecule has 0 heterocycles. The van der Waals surface area contributed by atoms with Gasteiger partial charge >= 0.3 is 0 Å². The third-order valence-corrected chi connectivity index (χ3v) is 2.55. The molecule has 1 unspecified atom stereocenters. The third-order valence-electron chi connectivity index (χ3n) is 1.62. The molecule has 4 heteroatoms. The van der Waals surface area contributed by atoms with E-state index in [1.54, 1.807) is 0 Å². The van der Waals surface area contributed by atoms with Gasteiger partial charge in [-0.05, 0) is 55.8 Å². The van der Waals surface area contributed by atoms with Gasteiger partial charge in [-0.25, -0.2) is 0 Å². The van der Waals surface area contributed by atoms with E-state index in [0.29, 0.717) is 6.42 Å². The van der Waals surface area contributed by atoms with Gasteiger partial charge < -0.3 is 0 Å². The molecule has 0 rings (SSSR count). The van der Waals surface area contributed by atoms with E-state index in [2.05, 4.69) is 31.9 Å². The molecule has 0 saturated heterocycles. The number of carbonyl (C=O) groups excluding carboxylic acids is 1. The number of hydrogen-bond donors (Lipinski definition) is 0. The van der Waals surface area contributed by atoms with E-state index in [-0.39, 0.29) is 17.1 Å². The van der Waals surface area contributed by atoms with Gasteiger partial charge in [0.1, 0.15) is 0 Å². The third kappa shape index (κ3) is 5.33. The molecular formula is C8H11Br2ClO. The highest BCUT2D eigenvalue weighted by Crippen LogP contribution is 2.22. The van der Waals surface area contributed by atoms with E-state index in [1.807, 2.05) is 19.9 Å². The SMILES string of the molecule is CC(C)C(CC=C(Br)Br)C(=O)Cl. The Labute approximate surface area is 94.8 Å². The lowest BCUT2D eigenvalue weighted by Gasteiger charge is -2.13. The van der Waals surface area contributed by atoms with Gasteiger partial charge in [0.05, 0.1) is 3.39 Å². The van der Waals surface area contributed by atoms with Crippen molar-refractivity contribution < 1.29 is 4.79 Å². The van der Waals surface area contributed by atoms with Crippen LogP contribution in [0.25, 0.3) is 0 Å². The summed E-state index contributed by atoms with van der Waals surface area (Å²) in [5, 5.41) is -0.262. The van der Waals surface area contributed by atoms with Crippen molar-refractivity contribution in [1.29, 1.82) is 0 Å². The summed E-state index contributed by atoms with van der Waals surface area (Å²) in [4.78, 5) is 10.9. The van der Waals surface area contributed by atoms with Gasteiger partial charge in [0, 0.05) is 5.92 Å². The Kier molecular flexibility index (Phi) is 6.50. The average Bonchev–Trinajstić information content (AvgIpc) is 1.84. The number of carbonyl (C=O) groups is 1. The maximum atomic E-state index is 10.9. The number of hydrogen-bond acceptors (Lipinski definition) is 1. The van der Waals surface area contributed by atoms with Crippen LogP contribution in [0.2, 0.25) is 0 Å². The van der Waals surface area contributed by atoms with Crippen LogP contribution in [0.15, 0.2) is 9.47 Å². The maximum Gasteiger partial charge on any atom is 0.225 e. The van der Waals surface area contributed by atoms with E-state index in [1.165, 1.54) is 0 Å². The predicted molar refractivity (Wildman–Crippen MR) is 59.7 cm³/mol. The summed E-state index contributed by atoms with van der Waals surface area (Å²) in [6.45, 7) is 3.97. The summed E-state index contributed by atoms with van der Waals surface area (Å²) in [6.07, 6.45) is 2.57. The maximum absolute atomic E-state index is 10.9. The largest absolute Gasteiger partial charge is 0.281 e. The fourth-order valence-corrected chi connectivity index (χ4v) is 1.56. The zero-order valence-electron chi connectivity index (χ0n) is 6.98. The minimum atomic E-state index is -0.262. The first kappa shape index (κ1) is 12.7. The molecule has 0 aromatic heterocycles. The molecule has 1 nitrogen and oxygen atoms in total. The number of halogens is 3. The Balaban J connectivity index is 4.15. The van der Waals surface area contributed by atoms with Crippen LogP contribution < -0.4 is 0 Å². The first-order valence-electron chi connectivity index (χ1n) is 3.65. The van der Waals surface area contributed by atoms with Crippen molar-refractivity contribution in [3.63, 3.8) is 0 Å². The van der Waals surface area contributed by atoms with Gasteiger partial charge in [-0.1, -0.05) is 19.9 Å². The Morgan fingerprint density at radius 3 is 2.25 bits per heavy atom. The molecule has 0 amide bonds. The second-order valence-corrected chi connectivity index (χ2v) is 6.03. The van der Waals surface area contributed by atoms with Gasteiger partial charge in [0.15, 0.2) is 0 Å². The molecule has 12 heavy (non-hydrogen) atoms. The van der Waals surface area contributed by atoms with Crippen LogP contribution in [0, 0.1) is 11.8 Å². The predicted octanol–water partition coefficient (Wildman–Crippen LogP) is 4.05. The fourth-order valence-electron chi connectivity index (χ4n) is 0.843. The molecule has 0 saturated carbocycles. The first-order chi connectivity index (χ1) is 5.45. The topological polar surface area (TPSA) is 17.1 Å². The molecule has 0 aliphatic heterocycles. The average molecular weight is 318 g/mol. The quantitative estimate of drug-likeness (QED) is 0.715. The lowest BCUT2D eigenvalue weighted by atomic mass is 9.94. The number of rotatable bonds is 4. The molecular weight excluding hydrogens is 307 g/mol. The van der Waals surface area contributed by atoms with Crippen LogP contribution in [-0.2, 0) is 4.79 Å². The molecule has 0 aromatic rings. The first-order valence-corrected chi connectivity index (χ1v) is 5.62. The van der Waals surface area contributed by atoms with Crippen molar-refractivity contribution in [2.45, 2.75) is 20.3 Å². The molecule has 0 spiro atoms. The van der Waals surface area contributed by atoms with E-state index < -0.39 is 0 Å². The summed E-state index contributed by atoms with van der Waals surface area (Å²) in [7, 11) is 0. The molecule has 70 valence electrons. The highest BCUT2D eigenvalue weighted by molar-refractivity contribution is 9.28. The van der Waals surface area contributed by atoms with Crippen molar-refractivity contribution in [3.8, 4) is 0 Å². The van der Waals surface area contributed by atoms with Crippen LogP contribution in [0.1, 0.15) is 20.3 Å². The Bertz CT molecular complexity index is 185. The summed E-state index contributed by atoms with van der Waals surface area (Å²) < 4.78 is 0.860. The molecule has 0 bridgehead atoms. The summed E-state index contributed by atoms with van der Waals surface area (Å²) >= 11 is 11.9. The van der Waals surface area contributed by atoms with Crippen LogP contribution in [0.4, 0.5) is 0 Å². The van der Waals surface area contributed by atoms with Crippen LogP contribution >= 0.6 is 43.5 Å². The van der Waals surface area contributed by atoms with Crippen molar-refractivity contribution in [1.82, 2.24) is 0 Å². The summed E-state index contributed by atoms with van der Waals surface area (Å²) in [6, 6.07) is 0. The molecule has 0 N–H and O–H groups in total. The van der Waals surface area contributed by atoms with Gasteiger partial charge in [0.25, 0.3) is 0 Å². The Morgan fingerprint density at radius 1 is 1.50 bits per heavy atom. The van der Waals surface area contributed by atoms with E-state index in [0.717, 1.165) is 3.39 Å². The highest BCUT2D eigenvalue weighted by atomic mass is 79.9. The van der Waals surface area contributed by atoms with Crippen LogP contribution in [0.5, 0.6) is 0 Å². The van der Waals surface area contributed by atoms with Crippen molar-refractivity contribution in [2.24, 2.45) is 11.8 Å². The van der Waals surface area contributed by atoms with E-state index in [4.69, 9.17) is 11.6 Å². The van der Waals surface area contributed by atoms with Crippen molar-refractivity contribution in [2.75, 3.05) is 0 Å². The highest BCUT2D eigenvalue weighted by Gasteiger charge is 2.18. The van der Waals surface area contributed by atoms with Gasteiger partial charge in [-0.2, -0.15) is 0 Å². The van der Waals surface area contributed by atoms with Crippen molar-refractivity contribution in [3.05, 3.63) is 9.47 Å². The minimum absolute atomic E-state index is 0.0863. The van der Waals surface area contributed by atoms with Crippen LogP contribution in [-0.4, -0.2) is 5.24 Å². The molecule has 0 aromatic carbocycles.